The number of rotatable bonds is 7. The fourth-order valence-corrected chi connectivity index (χ4v) is 2.82. The van der Waals surface area contributed by atoms with Crippen LogP contribution in [0.15, 0.2) is 54.2 Å². The van der Waals surface area contributed by atoms with Gasteiger partial charge in [-0.2, -0.15) is 5.10 Å². The number of halogens is 3. The van der Waals surface area contributed by atoms with Crippen LogP contribution in [-0.4, -0.2) is 34.3 Å². The molecule has 0 aliphatic carbocycles. The van der Waals surface area contributed by atoms with Crippen LogP contribution in [0.25, 0.3) is 0 Å². The lowest BCUT2D eigenvalue weighted by Crippen LogP contribution is -2.10. The predicted octanol–water partition coefficient (Wildman–Crippen LogP) is 4.58. The molecule has 0 aliphatic heterocycles. The van der Waals surface area contributed by atoms with Crippen LogP contribution in [0, 0.1) is 0 Å². The Balaban J connectivity index is 1.67. The second-order valence-electron chi connectivity index (χ2n) is 5.02. The molecule has 2 aromatic carbocycles. The first-order valence-corrected chi connectivity index (χ1v) is 8.65. The van der Waals surface area contributed by atoms with Crippen LogP contribution in [0.3, 0.4) is 0 Å². The summed E-state index contributed by atoms with van der Waals surface area (Å²) in [6, 6.07) is 10.5. The molecule has 0 saturated carbocycles. The van der Waals surface area contributed by atoms with Crippen molar-refractivity contribution >= 4 is 41.0 Å². The molecule has 26 heavy (non-hydrogen) atoms. The Labute approximate surface area is 164 Å². The average Bonchev–Trinajstić information content (AvgIpc) is 3.13. The maximum absolute atomic E-state index is 6.25. The van der Waals surface area contributed by atoms with E-state index in [1.54, 1.807) is 30.5 Å². The summed E-state index contributed by atoms with van der Waals surface area (Å²) in [5.74, 6) is 1.05. The van der Waals surface area contributed by atoms with E-state index in [9.17, 15) is 0 Å². The maximum Gasteiger partial charge on any atom is 0.147 e. The summed E-state index contributed by atoms with van der Waals surface area (Å²) >= 11 is 18.4. The molecule has 6 nitrogen and oxygen atoms in total. The van der Waals surface area contributed by atoms with E-state index in [1.807, 2.05) is 12.1 Å². The highest BCUT2D eigenvalue weighted by molar-refractivity contribution is 6.36. The van der Waals surface area contributed by atoms with E-state index in [0.29, 0.717) is 38.7 Å². The van der Waals surface area contributed by atoms with Gasteiger partial charge in [0.05, 0.1) is 16.3 Å². The van der Waals surface area contributed by atoms with E-state index < -0.39 is 0 Å². The molecule has 0 bridgehead atoms. The lowest BCUT2D eigenvalue weighted by molar-refractivity contribution is 0.217. The number of benzene rings is 2. The minimum Gasteiger partial charge on any atom is -0.488 e. The highest BCUT2D eigenvalue weighted by Crippen LogP contribution is 2.31. The van der Waals surface area contributed by atoms with E-state index in [-0.39, 0.29) is 6.61 Å². The normalized spacial score (nSPS) is 11.0. The molecule has 1 heterocycles. The van der Waals surface area contributed by atoms with Gasteiger partial charge in [0.25, 0.3) is 0 Å². The number of nitrogens with zero attached hydrogens (tertiary/aromatic N) is 4. The zero-order valence-corrected chi connectivity index (χ0v) is 15.6. The first-order chi connectivity index (χ1) is 12.6. The van der Waals surface area contributed by atoms with Crippen molar-refractivity contribution in [3.8, 4) is 11.5 Å². The number of ether oxygens (including phenoxy) is 2. The highest BCUT2D eigenvalue weighted by atomic mass is 35.5. The average molecular weight is 412 g/mol. The minimum atomic E-state index is 0.264. The Kier molecular flexibility index (Phi) is 6.33. The number of hydrogen-bond acceptors (Lipinski definition) is 5. The van der Waals surface area contributed by atoms with Crippen LogP contribution in [0.4, 0.5) is 0 Å². The van der Waals surface area contributed by atoms with Crippen molar-refractivity contribution in [1.29, 1.82) is 0 Å². The topological polar surface area (TPSA) is 61.5 Å². The fraction of sp³-hybridized carbons (Fsp3) is 0.118. The summed E-state index contributed by atoms with van der Waals surface area (Å²) in [4.78, 5) is 0. The summed E-state index contributed by atoms with van der Waals surface area (Å²) < 4.78 is 12.8. The summed E-state index contributed by atoms with van der Waals surface area (Å²) in [6.45, 7) is 0.560. The minimum absolute atomic E-state index is 0.264. The van der Waals surface area contributed by atoms with Gasteiger partial charge in [-0.25, -0.2) is 4.68 Å². The van der Waals surface area contributed by atoms with Crippen molar-refractivity contribution in [3.63, 3.8) is 0 Å². The van der Waals surface area contributed by atoms with Gasteiger partial charge < -0.3 is 9.47 Å². The van der Waals surface area contributed by atoms with E-state index in [4.69, 9.17) is 44.3 Å². The molecule has 0 saturated heterocycles. The maximum atomic E-state index is 6.25. The van der Waals surface area contributed by atoms with Gasteiger partial charge in [0.1, 0.15) is 37.4 Å². The SMILES string of the molecule is Clc1cc(Cl)c(OCCOc2ccccc2Cl)c(C=Nn2cnnc2)c1. The molecule has 0 fully saturated rings. The summed E-state index contributed by atoms with van der Waals surface area (Å²) in [6.07, 6.45) is 4.48. The number of hydrogen-bond donors (Lipinski definition) is 0. The van der Waals surface area contributed by atoms with Crippen LogP contribution in [-0.2, 0) is 0 Å². The van der Waals surface area contributed by atoms with Gasteiger partial charge in [-0.05, 0) is 24.3 Å². The standard InChI is InChI=1S/C17H13Cl3N4O2/c18-13-7-12(9-23-24-10-21-22-11-24)17(15(20)8-13)26-6-5-25-16-4-2-1-3-14(16)19/h1-4,7-11H,5-6H2. The second kappa shape index (κ2) is 8.89. The smallest absolute Gasteiger partial charge is 0.147 e. The summed E-state index contributed by atoms with van der Waals surface area (Å²) in [7, 11) is 0. The zero-order valence-electron chi connectivity index (χ0n) is 13.3. The molecular weight excluding hydrogens is 399 g/mol. The molecule has 134 valence electrons. The first kappa shape index (κ1) is 18.5. The Morgan fingerprint density at radius 2 is 1.69 bits per heavy atom. The lowest BCUT2D eigenvalue weighted by Gasteiger charge is -2.13. The predicted molar refractivity (Wildman–Crippen MR) is 102 cm³/mol. The van der Waals surface area contributed by atoms with Crippen molar-refractivity contribution < 1.29 is 9.47 Å². The summed E-state index contributed by atoms with van der Waals surface area (Å²) in [5, 5.41) is 12.9. The molecule has 3 aromatic rings. The molecule has 0 atom stereocenters. The first-order valence-electron chi connectivity index (χ1n) is 7.51. The lowest BCUT2D eigenvalue weighted by atomic mass is 10.2. The molecule has 0 N–H and O–H groups in total. The van der Waals surface area contributed by atoms with Gasteiger partial charge in [0, 0.05) is 10.6 Å². The third-order valence-corrected chi connectivity index (χ3v) is 4.01. The molecular formula is C17H13Cl3N4O2. The third kappa shape index (κ3) is 4.88. The van der Waals surface area contributed by atoms with E-state index in [1.165, 1.54) is 17.3 Å². The molecule has 1 aromatic heterocycles. The monoisotopic (exact) mass is 410 g/mol. The highest BCUT2D eigenvalue weighted by Gasteiger charge is 2.10. The molecule has 0 amide bonds. The summed E-state index contributed by atoms with van der Waals surface area (Å²) in [5.41, 5.74) is 0.619. The fourth-order valence-electron chi connectivity index (χ4n) is 2.07. The van der Waals surface area contributed by atoms with Gasteiger partial charge in [0.2, 0.25) is 0 Å². The Bertz CT molecular complexity index is 901. The largest absolute Gasteiger partial charge is 0.488 e. The molecule has 3 rings (SSSR count). The van der Waals surface area contributed by atoms with Crippen LogP contribution < -0.4 is 9.47 Å². The Morgan fingerprint density at radius 1 is 0.962 bits per heavy atom. The van der Waals surface area contributed by atoms with Crippen LogP contribution >= 0.6 is 34.8 Å². The zero-order chi connectivity index (χ0) is 18.4. The van der Waals surface area contributed by atoms with E-state index in [0.717, 1.165) is 0 Å². The second-order valence-corrected chi connectivity index (χ2v) is 6.27. The third-order valence-electron chi connectivity index (χ3n) is 3.20. The Hall–Kier alpha value is -2.28. The quantitative estimate of drug-likeness (QED) is 0.422. The van der Waals surface area contributed by atoms with Crippen LogP contribution in [0.1, 0.15) is 5.56 Å². The van der Waals surface area contributed by atoms with Crippen molar-refractivity contribution in [2.24, 2.45) is 5.10 Å². The van der Waals surface area contributed by atoms with Crippen molar-refractivity contribution in [2.75, 3.05) is 13.2 Å². The van der Waals surface area contributed by atoms with E-state index >= 15 is 0 Å². The molecule has 9 heteroatoms. The van der Waals surface area contributed by atoms with Crippen LogP contribution in [0.5, 0.6) is 11.5 Å². The van der Waals surface area contributed by atoms with Gasteiger partial charge in [-0.15, -0.1) is 10.2 Å². The van der Waals surface area contributed by atoms with Crippen LogP contribution in [0.2, 0.25) is 15.1 Å². The molecule has 0 unspecified atom stereocenters. The van der Waals surface area contributed by atoms with Crippen molar-refractivity contribution in [2.45, 2.75) is 0 Å². The van der Waals surface area contributed by atoms with Gasteiger partial charge >= 0.3 is 0 Å². The van der Waals surface area contributed by atoms with E-state index in [2.05, 4.69) is 15.3 Å². The van der Waals surface area contributed by atoms with Gasteiger partial charge in [0.15, 0.2) is 0 Å². The molecule has 0 aliphatic rings. The number of para-hydroxylation sites is 1. The van der Waals surface area contributed by atoms with Crippen molar-refractivity contribution in [3.05, 3.63) is 69.7 Å². The van der Waals surface area contributed by atoms with Gasteiger partial charge in [-0.3, -0.25) is 0 Å². The van der Waals surface area contributed by atoms with Crippen molar-refractivity contribution in [1.82, 2.24) is 14.9 Å². The molecule has 0 spiro atoms. The number of aromatic nitrogens is 3. The van der Waals surface area contributed by atoms with Gasteiger partial charge in [-0.1, -0.05) is 46.9 Å². The Morgan fingerprint density at radius 3 is 2.46 bits per heavy atom. The molecule has 0 radical (unpaired) electrons.